The van der Waals surface area contributed by atoms with E-state index in [0.717, 1.165) is 36.5 Å². The van der Waals surface area contributed by atoms with Gasteiger partial charge in [0, 0.05) is 11.8 Å². The highest BCUT2D eigenvalue weighted by molar-refractivity contribution is 5.77. The van der Waals surface area contributed by atoms with E-state index in [-0.39, 0.29) is 11.4 Å². The van der Waals surface area contributed by atoms with Crippen molar-refractivity contribution in [1.82, 2.24) is 4.98 Å². The molecule has 118 valence electrons. The number of nitrogens with zero attached hydrogens (tertiary/aromatic N) is 1. The smallest absolute Gasteiger partial charge is 0.406 e. The molecule has 9 heteroatoms. The predicted molar refractivity (Wildman–Crippen MR) is 65.8 cm³/mol. The Morgan fingerprint density at radius 1 is 0.909 bits per heavy atom. The van der Waals surface area contributed by atoms with Gasteiger partial charge in [-0.15, -0.1) is 13.2 Å². The lowest BCUT2D eigenvalue weighted by Gasteiger charge is -2.15. The van der Waals surface area contributed by atoms with Crippen molar-refractivity contribution in [3.63, 3.8) is 0 Å². The van der Waals surface area contributed by atoms with Crippen molar-refractivity contribution in [3.05, 3.63) is 42.1 Å². The maximum atomic E-state index is 13.0. The molecule has 0 amide bonds. The molecule has 2 aromatic rings. The first kappa shape index (κ1) is 15.9. The minimum absolute atomic E-state index is 0.0209. The molecule has 0 unspecified atom stereocenters. The Morgan fingerprint density at radius 3 is 2.00 bits per heavy atom. The highest BCUT2D eigenvalue weighted by atomic mass is 19.4. The van der Waals surface area contributed by atoms with E-state index in [1.807, 2.05) is 0 Å². The molecular weight excluding hydrogens is 314 g/mol. The van der Waals surface area contributed by atoms with E-state index in [2.05, 4.69) is 9.72 Å². The zero-order valence-electron chi connectivity index (χ0n) is 10.7. The number of rotatable bonds is 2. The predicted octanol–water partition coefficient (Wildman–Crippen LogP) is 4.25. The molecular formula is C13H8F6N2O. The number of hydrogen-bond donors (Lipinski definition) is 1. The number of nitrogens with two attached hydrogens (primary N) is 1. The van der Waals surface area contributed by atoms with Gasteiger partial charge in [-0.3, -0.25) is 0 Å². The summed E-state index contributed by atoms with van der Waals surface area (Å²) < 4.78 is 78.7. The second-order valence-corrected chi connectivity index (χ2v) is 4.19. The monoisotopic (exact) mass is 322 g/mol. The number of nitrogen functional groups attached to an aromatic ring is 1. The maximum Gasteiger partial charge on any atom is 0.573 e. The van der Waals surface area contributed by atoms with Gasteiger partial charge < -0.3 is 10.5 Å². The van der Waals surface area contributed by atoms with Gasteiger partial charge in [-0.2, -0.15) is 13.2 Å². The molecule has 0 saturated heterocycles. The number of halogens is 6. The summed E-state index contributed by atoms with van der Waals surface area (Å²) in [5, 5.41) is 0. The van der Waals surface area contributed by atoms with Crippen molar-refractivity contribution in [3.8, 4) is 16.9 Å². The van der Waals surface area contributed by atoms with Crippen molar-refractivity contribution in [2.45, 2.75) is 12.5 Å². The second-order valence-electron chi connectivity index (χ2n) is 4.19. The molecule has 0 spiro atoms. The fourth-order valence-corrected chi connectivity index (χ4v) is 1.84. The Labute approximate surface area is 120 Å². The van der Waals surface area contributed by atoms with Crippen LogP contribution >= 0.6 is 0 Å². The Bertz CT molecular complexity index is 664. The van der Waals surface area contributed by atoms with Crippen LogP contribution in [0.4, 0.5) is 32.2 Å². The van der Waals surface area contributed by atoms with Gasteiger partial charge in [0.1, 0.15) is 11.6 Å². The van der Waals surface area contributed by atoms with Crippen molar-refractivity contribution >= 4 is 5.82 Å². The number of aromatic nitrogens is 1. The lowest BCUT2D eigenvalue weighted by Crippen LogP contribution is -2.17. The third kappa shape index (κ3) is 3.60. The van der Waals surface area contributed by atoms with Gasteiger partial charge in [0.15, 0.2) is 0 Å². The molecule has 1 heterocycles. The molecule has 1 aromatic carbocycles. The highest BCUT2D eigenvalue weighted by Gasteiger charge is 2.35. The van der Waals surface area contributed by atoms with Gasteiger partial charge in [-0.25, -0.2) is 4.98 Å². The van der Waals surface area contributed by atoms with Crippen molar-refractivity contribution in [2.75, 3.05) is 5.73 Å². The summed E-state index contributed by atoms with van der Waals surface area (Å²) in [6.45, 7) is 0. The van der Waals surface area contributed by atoms with E-state index in [9.17, 15) is 26.3 Å². The molecule has 1 aromatic heterocycles. The van der Waals surface area contributed by atoms with Crippen LogP contribution in [0.15, 0.2) is 36.5 Å². The van der Waals surface area contributed by atoms with Crippen molar-refractivity contribution < 1.29 is 31.1 Å². The zero-order chi connectivity index (χ0) is 16.5. The fraction of sp³-hybridized carbons (Fsp3) is 0.154. The minimum atomic E-state index is -4.88. The fourth-order valence-electron chi connectivity index (χ4n) is 1.84. The van der Waals surface area contributed by atoms with Crippen LogP contribution in [0.25, 0.3) is 11.1 Å². The van der Waals surface area contributed by atoms with Crippen LogP contribution < -0.4 is 10.5 Å². The topological polar surface area (TPSA) is 48.1 Å². The Hall–Kier alpha value is -2.45. The average Bonchev–Trinajstić information content (AvgIpc) is 2.37. The molecule has 22 heavy (non-hydrogen) atoms. The Kier molecular flexibility index (Phi) is 3.90. The van der Waals surface area contributed by atoms with Crippen LogP contribution in [0, 0.1) is 0 Å². The number of hydrogen-bond acceptors (Lipinski definition) is 3. The summed E-state index contributed by atoms with van der Waals surface area (Å²) in [5.74, 6) is -0.924. The first-order chi connectivity index (χ1) is 10.1. The lowest BCUT2D eigenvalue weighted by molar-refractivity contribution is -0.274. The lowest BCUT2D eigenvalue weighted by atomic mass is 10.0. The molecule has 0 atom stereocenters. The summed E-state index contributed by atoms with van der Waals surface area (Å²) in [7, 11) is 0. The molecule has 0 aliphatic carbocycles. The van der Waals surface area contributed by atoms with Crippen LogP contribution in [0.3, 0.4) is 0 Å². The standard InChI is InChI=1S/C13H8F6N2O/c14-12(15,16)9-5-6-21-11(20)10(9)7-1-3-8(4-2-7)22-13(17,18)19/h1-6H,(H2,20,21). The molecule has 0 aliphatic rings. The first-order valence-corrected chi connectivity index (χ1v) is 5.76. The summed E-state index contributed by atoms with van der Waals surface area (Å²) in [4.78, 5) is 3.58. The van der Waals surface area contributed by atoms with E-state index in [0.29, 0.717) is 0 Å². The molecule has 2 N–H and O–H groups in total. The number of anilines is 1. The number of alkyl halides is 6. The van der Waals surface area contributed by atoms with Crippen LogP contribution in [-0.2, 0) is 6.18 Å². The summed E-state index contributed by atoms with van der Waals surface area (Å²) in [6.07, 6.45) is -8.65. The SMILES string of the molecule is Nc1nccc(C(F)(F)F)c1-c1ccc(OC(F)(F)F)cc1. The molecule has 0 saturated carbocycles. The number of ether oxygens (including phenoxy) is 1. The zero-order valence-corrected chi connectivity index (χ0v) is 10.7. The molecule has 0 fully saturated rings. The maximum absolute atomic E-state index is 13.0. The molecule has 0 aliphatic heterocycles. The van der Waals surface area contributed by atoms with Gasteiger partial charge >= 0.3 is 12.5 Å². The Balaban J connectivity index is 2.45. The van der Waals surface area contributed by atoms with Crippen LogP contribution in [0.5, 0.6) is 5.75 Å². The molecule has 2 rings (SSSR count). The summed E-state index contributed by atoms with van der Waals surface area (Å²) >= 11 is 0. The van der Waals surface area contributed by atoms with E-state index >= 15 is 0 Å². The van der Waals surface area contributed by atoms with Crippen molar-refractivity contribution in [1.29, 1.82) is 0 Å². The van der Waals surface area contributed by atoms with E-state index < -0.39 is 29.4 Å². The van der Waals surface area contributed by atoms with Gasteiger partial charge in [0.2, 0.25) is 0 Å². The van der Waals surface area contributed by atoms with Gasteiger partial charge in [0.25, 0.3) is 0 Å². The van der Waals surface area contributed by atoms with Crippen LogP contribution in [-0.4, -0.2) is 11.3 Å². The van der Waals surface area contributed by atoms with Crippen molar-refractivity contribution in [2.24, 2.45) is 0 Å². The van der Waals surface area contributed by atoms with Gasteiger partial charge in [0.05, 0.1) is 5.56 Å². The van der Waals surface area contributed by atoms with Crippen LogP contribution in [0.2, 0.25) is 0 Å². The van der Waals surface area contributed by atoms with E-state index in [1.165, 1.54) is 0 Å². The Morgan fingerprint density at radius 2 is 1.50 bits per heavy atom. The number of benzene rings is 1. The third-order valence-corrected chi connectivity index (χ3v) is 2.66. The molecule has 0 bridgehead atoms. The average molecular weight is 322 g/mol. The van der Waals surface area contributed by atoms with Crippen LogP contribution in [0.1, 0.15) is 5.56 Å². The highest BCUT2D eigenvalue weighted by Crippen LogP contribution is 2.39. The van der Waals surface area contributed by atoms with Gasteiger partial charge in [-0.05, 0) is 23.8 Å². The number of pyridine rings is 1. The quantitative estimate of drug-likeness (QED) is 0.841. The summed E-state index contributed by atoms with van der Waals surface area (Å²) in [6, 6.07) is 4.63. The first-order valence-electron chi connectivity index (χ1n) is 5.76. The van der Waals surface area contributed by atoms with E-state index in [1.54, 1.807) is 0 Å². The van der Waals surface area contributed by atoms with Gasteiger partial charge in [-0.1, -0.05) is 12.1 Å². The minimum Gasteiger partial charge on any atom is -0.406 e. The third-order valence-electron chi connectivity index (χ3n) is 2.66. The summed E-state index contributed by atoms with van der Waals surface area (Å²) in [5.41, 5.74) is 4.03. The second kappa shape index (κ2) is 5.39. The molecule has 3 nitrogen and oxygen atoms in total. The molecule has 0 radical (unpaired) electrons. The van der Waals surface area contributed by atoms with E-state index in [4.69, 9.17) is 5.73 Å². The largest absolute Gasteiger partial charge is 0.573 e. The normalized spacial score (nSPS) is 12.3.